The Labute approximate surface area is 160 Å². The van der Waals surface area contributed by atoms with Crippen LogP contribution in [-0.2, 0) is 0 Å². The quantitative estimate of drug-likeness (QED) is 0.696. The lowest BCUT2D eigenvalue weighted by molar-refractivity contribution is 0.0750. The molecule has 0 aliphatic carbocycles. The van der Waals surface area contributed by atoms with E-state index in [1.807, 2.05) is 17.5 Å². The average Bonchev–Trinajstić information content (AvgIpc) is 3.29. The third-order valence-electron chi connectivity index (χ3n) is 4.60. The lowest BCUT2D eigenvalue weighted by Crippen LogP contribution is -2.35. The van der Waals surface area contributed by atoms with Gasteiger partial charge in [-0.3, -0.25) is 4.79 Å². The summed E-state index contributed by atoms with van der Waals surface area (Å²) in [5.74, 6) is 0.153. The third-order valence-corrected chi connectivity index (χ3v) is 5.47. The molecule has 1 aliphatic rings. The Morgan fingerprint density at radius 1 is 1.15 bits per heavy atom. The molecule has 1 aliphatic heterocycles. The summed E-state index contributed by atoms with van der Waals surface area (Å²) in [6.07, 6.45) is 0.921. The van der Waals surface area contributed by atoms with E-state index in [0.29, 0.717) is 24.6 Å². The molecule has 0 N–H and O–H groups in total. The van der Waals surface area contributed by atoms with Gasteiger partial charge in [-0.05, 0) is 49.7 Å². The number of halogens is 1. The number of likely N-dealkylation sites (N-methyl/N-ethyl adjacent to an activating group) is 1. The van der Waals surface area contributed by atoms with Crippen LogP contribution in [0.1, 0.15) is 17.0 Å². The molecule has 0 unspecified atom stereocenters. The van der Waals surface area contributed by atoms with Gasteiger partial charge in [-0.25, -0.2) is 14.1 Å². The van der Waals surface area contributed by atoms with Crippen molar-refractivity contribution in [3.8, 4) is 16.4 Å². The molecule has 140 valence electrons. The van der Waals surface area contributed by atoms with Gasteiger partial charge in [0.15, 0.2) is 5.82 Å². The monoisotopic (exact) mass is 385 g/mol. The molecule has 2 aromatic heterocycles. The number of hydrogen-bond donors (Lipinski definition) is 0. The van der Waals surface area contributed by atoms with E-state index in [4.69, 9.17) is 0 Å². The highest BCUT2D eigenvalue weighted by molar-refractivity contribution is 7.13. The van der Waals surface area contributed by atoms with Crippen molar-refractivity contribution in [1.82, 2.24) is 24.6 Å². The zero-order valence-electron chi connectivity index (χ0n) is 15.0. The van der Waals surface area contributed by atoms with E-state index < -0.39 is 0 Å². The van der Waals surface area contributed by atoms with E-state index in [1.165, 1.54) is 23.5 Å². The lowest BCUT2D eigenvalue weighted by atomic mass is 10.3. The van der Waals surface area contributed by atoms with Gasteiger partial charge >= 0.3 is 0 Å². The van der Waals surface area contributed by atoms with Crippen LogP contribution in [0.4, 0.5) is 4.39 Å². The number of amides is 1. The van der Waals surface area contributed by atoms with Crippen LogP contribution in [0.25, 0.3) is 16.4 Å². The highest BCUT2D eigenvalue weighted by Crippen LogP contribution is 2.26. The van der Waals surface area contributed by atoms with Crippen molar-refractivity contribution in [1.29, 1.82) is 0 Å². The molecule has 0 saturated carbocycles. The average molecular weight is 385 g/mol. The first-order valence-electron chi connectivity index (χ1n) is 8.86. The van der Waals surface area contributed by atoms with Gasteiger partial charge in [-0.2, -0.15) is 0 Å². The van der Waals surface area contributed by atoms with Crippen molar-refractivity contribution in [3.63, 3.8) is 0 Å². The van der Waals surface area contributed by atoms with Crippen molar-refractivity contribution >= 4 is 17.2 Å². The van der Waals surface area contributed by atoms with Crippen molar-refractivity contribution in [2.45, 2.75) is 6.42 Å². The van der Waals surface area contributed by atoms with E-state index in [2.05, 4.69) is 22.0 Å². The summed E-state index contributed by atoms with van der Waals surface area (Å²) >= 11 is 1.50. The zero-order valence-corrected chi connectivity index (χ0v) is 15.8. The van der Waals surface area contributed by atoms with Gasteiger partial charge in [0.25, 0.3) is 5.91 Å². The fourth-order valence-corrected chi connectivity index (χ4v) is 3.85. The maximum absolute atomic E-state index is 13.7. The third kappa shape index (κ3) is 3.77. The second kappa shape index (κ2) is 7.58. The molecule has 0 bridgehead atoms. The van der Waals surface area contributed by atoms with Crippen molar-refractivity contribution in [2.24, 2.45) is 0 Å². The summed E-state index contributed by atoms with van der Waals surface area (Å²) in [6, 6.07) is 9.98. The van der Waals surface area contributed by atoms with Crippen LogP contribution in [0, 0.1) is 5.82 Å². The van der Waals surface area contributed by atoms with E-state index in [9.17, 15) is 9.18 Å². The number of aromatic nitrogens is 3. The van der Waals surface area contributed by atoms with E-state index in [-0.39, 0.29) is 17.5 Å². The Balaban J connectivity index is 1.72. The number of thiophene rings is 1. The minimum Gasteiger partial charge on any atom is -0.335 e. The standard InChI is InChI=1S/C19H20FN5OS/c1-23-8-4-9-24(11-10-23)19(26)17-21-18(16-7-3-12-27-16)25(22-17)15-6-2-5-14(20)13-15/h2-3,5-7,12-13H,4,8-11H2,1H3. The zero-order chi connectivity index (χ0) is 18.8. The summed E-state index contributed by atoms with van der Waals surface area (Å²) < 4.78 is 15.3. The second-order valence-corrected chi connectivity index (χ2v) is 7.52. The predicted molar refractivity (Wildman–Crippen MR) is 103 cm³/mol. The first-order valence-corrected chi connectivity index (χ1v) is 9.74. The Morgan fingerprint density at radius 3 is 2.81 bits per heavy atom. The van der Waals surface area contributed by atoms with E-state index >= 15 is 0 Å². The van der Waals surface area contributed by atoms with Gasteiger partial charge in [-0.15, -0.1) is 16.4 Å². The van der Waals surface area contributed by atoms with Gasteiger partial charge in [0.1, 0.15) is 5.82 Å². The SMILES string of the molecule is CN1CCCN(C(=O)c2nc(-c3cccs3)n(-c3cccc(F)c3)n2)CC1. The van der Waals surface area contributed by atoms with Gasteiger partial charge in [0.05, 0.1) is 10.6 Å². The highest BCUT2D eigenvalue weighted by Gasteiger charge is 2.25. The minimum atomic E-state index is -0.358. The fourth-order valence-electron chi connectivity index (χ4n) is 3.15. The number of hydrogen-bond acceptors (Lipinski definition) is 5. The molecule has 3 aromatic rings. The van der Waals surface area contributed by atoms with Crippen LogP contribution in [0.2, 0.25) is 0 Å². The first-order chi connectivity index (χ1) is 13.1. The highest BCUT2D eigenvalue weighted by atomic mass is 32.1. The van der Waals surface area contributed by atoms with Crippen LogP contribution in [-0.4, -0.2) is 63.7 Å². The van der Waals surface area contributed by atoms with Gasteiger partial charge in [0.2, 0.25) is 5.82 Å². The smallest absolute Gasteiger partial charge is 0.293 e. The summed E-state index contributed by atoms with van der Waals surface area (Å²) in [7, 11) is 2.06. The van der Waals surface area contributed by atoms with Crippen LogP contribution < -0.4 is 0 Å². The Morgan fingerprint density at radius 2 is 2.04 bits per heavy atom. The maximum atomic E-state index is 13.7. The molecule has 0 spiro atoms. The maximum Gasteiger partial charge on any atom is 0.293 e. The number of nitrogens with zero attached hydrogens (tertiary/aromatic N) is 5. The number of benzene rings is 1. The van der Waals surface area contributed by atoms with Crippen LogP contribution in [0.5, 0.6) is 0 Å². The fraction of sp³-hybridized carbons (Fsp3) is 0.316. The molecule has 4 rings (SSSR count). The topological polar surface area (TPSA) is 54.3 Å². The lowest BCUT2D eigenvalue weighted by Gasteiger charge is -2.18. The van der Waals surface area contributed by atoms with E-state index in [0.717, 1.165) is 24.4 Å². The molecule has 27 heavy (non-hydrogen) atoms. The number of carbonyl (C=O) groups is 1. The molecule has 0 atom stereocenters. The molecule has 1 fully saturated rings. The van der Waals surface area contributed by atoms with Crippen LogP contribution in [0.3, 0.4) is 0 Å². The summed E-state index contributed by atoms with van der Waals surface area (Å²) in [5.41, 5.74) is 0.542. The van der Waals surface area contributed by atoms with Crippen LogP contribution >= 0.6 is 11.3 Å². The Hall–Kier alpha value is -2.58. The van der Waals surface area contributed by atoms with Gasteiger partial charge < -0.3 is 9.80 Å². The Kier molecular flexibility index (Phi) is 5.00. The molecular formula is C19H20FN5OS. The molecule has 6 nitrogen and oxygen atoms in total. The first kappa shape index (κ1) is 17.8. The summed E-state index contributed by atoms with van der Waals surface area (Å²) in [5, 5.41) is 6.38. The van der Waals surface area contributed by atoms with Gasteiger partial charge in [-0.1, -0.05) is 12.1 Å². The van der Waals surface area contributed by atoms with Crippen LogP contribution in [0.15, 0.2) is 41.8 Å². The Bertz CT molecular complexity index is 939. The van der Waals surface area contributed by atoms with E-state index in [1.54, 1.807) is 21.7 Å². The number of carbonyl (C=O) groups excluding carboxylic acids is 1. The van der Waals surface area contributed by atoms with Gasteiger partial charge in [0, 0.05) is 19.6 Å². The molecule has 1 saturated heterocycles. The summed E-state index contributed by atoms with van der Waals surface area (Å²) in [6.45, 7) is 3.13. The van der Waals surface area contributed by atoms with Crippen molar-refractivity contribution in [3.05, 3.63) is 53.4 Å². The second-order valence-electron chi connectivity index (χ2n) is 6.58. The molecular weight excluding hydrogens is 365 g/mol. The molecule has 0 radical (unpaired) electrons. The minimum absolute atomic E-state index is 0.146. The normalized spacial score (nSPS) is 15.7. The largest absolute Gasteiger partial charge is 0.335 e. The summed E-state index contributed by atoms with van der Waals surface area (Å²) in [4.78, 5) is 22.4. The molecule has 1 aromatic carbocycles. The molecule has 8 heteroatoms. The predicted octanol–water partition coefficient (Wildman–Crippen LogP) is 2.91. The van der Waals surface area contributed by atoms with Crippen molar-refractivity contribution in [2.75, 3.05) is 33.2 Å². The number of rotatable bonds is 3. The molecule has 3 heterocycles. The van der Waals surface area contributed by atoms with Crippen molar-refractivity contribution < 1.29 is 9.18 Å². The molecule has 1 amide bonds.